The highest BCUT2D eigenvalue weighted by Crippen LogP contribution is 2.24. The molecule has 0 atom stereocenters. The number of rotatable bonds is 5. The van der Waals surface area contributed by atoms with E-state index in [4.69, 9.17) is 4.74 Å². The van der Waals surface area contributed by atoms with Crippen LogP contribution >= 0.6 is 11.3 Å². The summed E-state index contributed by atoms with van der Waals surface area (Å²) in [5, 5.41) is 4.63. The number of hydrogen-bond acceptors (Lipinski definition) is 5. The van der Waals surface area contributed by atoms with E-state index in [1.54, 1.807) is 11.3 Å². The Morgan fingerprint density at radius 2 is 2.10 bits per heavy atom. The first-order valence-corrected chi connectivity index (χ1v) is 8.24. The fourth-order valence-electron chi connectivity index (χ4n) is 2.30. The summed E-state index contributed by atoms with van der Waals surface area (Å²) >= 11 is 1.79. The third-order valence-electron chi connectivity index (χ3n) is 3.53. The topological polar surface area (TPSA) is 37.4 Å². The maximum atomic E-state index is 5.42. The van der Waals surface area contributed by atoms with Crippen LogP contribution < -0.4 is 10.2 Å². The van der Waals surface area contributed by atoms with Crippen LogP contribution in [-0.2, 0) is 11.3 Å². The van der Waals surface area contributed by atoms with Gasteiger partial charge < -0.3 is 15.0 Å². The molecule has 5 heteroatoms. The van der Waals surface area contributed by atoms with Crippen molar-refractivity contribution in [3.8, 4) is 0 Å². The number of nitrogens with one attached hydrogen (secondary N) is 1. The van der Waals surface area contributed by atoms with Crippen LogP contribution in [0.4, 0.5) is 5.13 Å². The van der Waals surface area contributed by atoms with E-state index in [0.717, 1.165) is 37.4 Å². The van der Waals surface area contributed by atoms with Crippen LogP contribution in [0, 0.1) is 5.92 Å². The molecule has 2 heterocycles. The largest absolute Gasteiger partial charge is 0.381 e. The van der Waals surface area contributed by atoms with Gasteiger partial charge in [-0.3, -0.25) is 0 Å². The minimum atomic E-state index is 0.151. The molecule has 2 rings (SSSR count). The van der Waals surface area contributed by atoms with E-state index >= 15 is 0 Å². The molecular formula is C15H27N3OS. The number of aromatic nitrogens is 1. The van der Waals surface area contributed by atoms with Crippen LogP contribution in [-0.4, -0.2) is 37.3 Å². The third kappa shape index (κ3) is 5.04. The zero-order chi connectivity index (χ0) is 14.6. The number of ether oxygens (including phenoxy) is 1. The normalized spacial score (nSPS) is 17.4. The SMILES string of the molecule is CN(CC1CCOCC1)c1ncc(CNC(C)(C)C)s1. The minimum Gasteiger partial charge on any atom is -0.381 e. The quantitative estimate of drug-likeness (QED) is 0.907. The molecule has 0 amide bonds. The van der Waals surface area contributed by atoms with Crippen LogP contribution in [0.2, 0.25) is 0 Å². The Morgan fingerprint density at radius 3 is 2.75 bits per heavy atom. The molecule has 1 fully saturated rings. The monoisotopic (exact) mass is 297 g/mol. The lowest BCUT2D eigenvalue weighted by atomic mass is 10.0. The Kier molecular flexibility index (Phi) is 5.41. The first kappa shape index (κ1) is 15.7. The lowest BCUT2D eigenvalue weighted by molar-refractivity contribution is 0.0685. The molecule has 20 heavy (non-hydrogen) atoms. The number of thiazole rings is 1. The van der Waals surface area contributed by atoms with Crippen molar-refractivity contribution in [3.63, 3.8) is 0 Å². The third-order valence-corrected chi connectivity index (χ3v) is 4.65. The molecule has 0 unspecified atom stereocenters. The van der Waals surface area contributed by atoms with Crippen molar-refractivity contribution < 1.29 is 4.74 Å². The predicted octanol–water partition coefficient (Wildman–Crippen LogP) is 2.89. The molecule has 1 aromatic rings. The van der Waals surface area contributed by atoms with Crippen molar-refractivity contribution in [2.24, 2.45) is 5.92 Å². The van der Waals surface area contributed by atoms with Gasteiger partial charge >= 0.3 is 0 Å². The van der Waals surface area contributed by atoms with Crippen LogP contribution in [0.15, 0.2) is 6.20 Å². The maximum Gasteiger partial charge on any atom is 0.185 e. The lowest BCUT2D eigenvalue weighted by Crippen LogP contribution is -2.34. The van der Waals surface area contributed by atoms with E-state index in [1.165, 1.54) is 17.7 Å². The molecule has 1 aliphatic rings. The van der Waals surface area contributed by atoms with Gasteiger partial charge in [-0.15, -0.1) is 11.3 Å². The van der Waals surface area contributed by atoms with E-state index in [0.29, 0.717) is 0 Å². The fourth-order valence-corrected chi connectivity index (χ4v) is 3.12. The van der Waals surface area contributed by atoms with E-state index in [-0.39, 0.29) is 5.54 Å². The van der Waals surface area contributed by atoms with Gasteiger partial charge in [0.25, 0.3) is 0 Å². The van der Waals surface area contributed by atoms with E-state index in [2.05, 4.69) is 43.0 Å². The zero-order valence-corrected chi connectivity index (χ0v) is 13.9. The molecule has 0 bridgehead atoms. The highest BCUT2D eigenvalue weighted by Gasteiger charge is 2.17. The number of anilines is 1. The van der Waals surface area contributed by atoms with Crippen LogP contribution in [0.25, 0.3) is 0 Å². The zero-order valence-electron chi connectivity index (χ0n) is 13.1. The van der Waals surface area contributed by atoms with E-state index < -0.39 is 0 Å². The van der Waals surface area contributed by atoms with Gasteiger partial charge in [-0.05, 0) is 39.5 Å². The molecule has 1 aliphatic heterocycles. The van der Waals surface area contributed by atoms with Gasteiger partial charge in [0, 0.05) is 50.0 Å². The molecule has 1 N–H and O–H groups in total. The first-order valence-electron chi connectivity index (χ1n) is 7.42. The Balaban J connectivity index is 1.84. The van der Waals surface area contributed by atoms with E-state index in [1.807, 2.05) is 6.20 Å². The molecule has 114 valence electrons. The summed E-state index contributed by atoms with van der Waals surface area (Å²) < 4.78 is 5.42. The Labute approximate surface area is 126 Å². The average Bonchev–Trinajstić information content (AvgIpc) is 2.86. The van der Waals surface area contributed by atoms with E-state index in [9.17, 15) is 0 Å². The van der Waals surface area contributed by atoms with Crippen molar-refractivity contribution in [1.29, 1.82) is 0 Å². The Bertz CT molecular complexity index is 407. The van der Waals surface area contributed by atoms with Gasteiger partial charge in [-0.2, -0.15) is 0 Å². The first-order chi connectivity index (χ1) is 9.44. The summed E-state index contributed by atoms with van der Waals surface area (Å²) in [4.78, 5) is 8.15. The van der Waals surface area contributed by atoms with Crippen LogP contribution in [0.3, 0.4) is 0 Å². The van der Waals surface area contributed by atoms with Gasteiger partial charge in [-0.25, -0.2) is 4.98 Å². The van der Waals surface area contributed by atoms with Crippen molar-refractivity contribution in [2.45, 2.75) is 45.7 Å². The summed E-state index contributed by atoms with van der Waals surface area (Å²) in [7, 11) is 2.15. The van der Waals surface area contributed by atoms with Crippen molar-refractivity contribution in [3.05, 3.63) is 11.1 Å². The van der Waals surface area contributed by atoms with Crippen molar-refractivity contribution in [2.75, 3.05) is 31.7 Å². The summed E-state index contributed by atoms with van der Waals surface area (Å²) in [6.45, 7) is 10.4. The highest BCUT2D eigenvalue weighted by molar-refractivity contribution is 7.15. The molecule has 0 aromatic carbocycles. The lowest BCUT2D eigenvalue weighted by Gasteiger charge is -2.26. The second-order valence-corrected chi connectivity index (χ2v) is 7.74. The molecule has 0 radical (unpaired) electrons. The standard InChI is InChI=1S/C15H27N3OS/c1-15(2,3)17-10-13-9-16-14(20-13)18(4)11-12-5-7-19-8-6-12/h9,12,17H,5-8,10-11H2,1-4H3. The Hall–Kier alpha value is -0.650. The second-order valence-electron chi connectivity index (χ2n) is 6.65. The molecule has 0 spiro atoms. The van der Waals surface area contributed by atoms with Gasteiger partial charge in [0.05, 0.1) is 0 Å². The van der Waals surface area contributed by atoms with Crippen molar-refractivity contribution in [1.82, 2.24) is 10.3 Å². The maximum absolute atomic E-state index is 5.42. The summed E-state index contributed by atoms with van der Waals surface area (Å²) in [5.41, 5.74) is 0.151. The van der Waals surface area contributed by atoms with Crippen LogP contribution in [0.5, 0.6) is 0 Å². The predicted molar refractivity (Wildman–Crippen MR) is 85.5 cm³/mol. The van der Waals surface area contributed by atoms with Crippen molar-refractivity contribution >= 4 is 16.5 Å². The molecule has 0 saturated carbocycles. The van der Waals surface area contributed by atoms with Gasteiger partial charge in [0.1, 0.15) is 0 Å². The molecule has 1 saturated heterocycles. The van der Waals surface area contributed by atoms with Gasteiger partial charge in [-0.1, -0.05) is 0 Å². The molecule has 0 aliphatic carbocycles. The van der Waals surface area contributed by atoms with Crippen LogP contribution in [0.1, 0.15) is 38.5 Å². The second kappa shape index (κ2) is 6.87. The summed E-state index contributed by atoms with van der Waals surface area (Å²) in [6.07, 6.45) is 4.35. The summed E-state index contributed by atoms with van der Waals surface area (Å²) in [6, 6.07) is 0. The average molecular weight is 297 g/mol. The number of nitrogens with zero attached hydrogens (tertiary/aromatic N) is 2. The summed E-state index contributed by atoms with van der Waals surface area (Å²) in [5.74, 6) is 0.744. The number of hydrogen-bond donors (Lipinski definition) is 1. The smallest absolute Gasteiger partial charge is 0.185 e. The molecular weight excluding hydrogens is 270 g/mol. The van der Waals surface area contributed by atoms with Gasteiger partial charge in [0.2, 0.25) is 0 Å². The van der Waals surface area contributed by atoms with Gasteiger partial charge in [0.15, 0.2) is 5.13 Å². The minimum absolute atomic E-state index is 0.151. The Morgan fingerprint density at radius 1 is 1.40 bits per heavy atom. The fraction of sp³-hybridized carbons (Fsp3) is 0.800. The molecule has 4 nitrogen and oxygen atoms in total. The molecule has 1 aromatic heterocycles. The highest BCUT2D eigenvalue weighted by atomic mass is 32.1.